The molecule has 3 heterocycles. The molecule has 3 aliphatic rings. The molecular formula is C42H58N6O8. The minimum Gasteiger partial charge on any atom is -0.350 e. The predicted molar refractivity (Wildman–Crippen MR) is 208 cm³/mol. The van der Waals surface area contributed by atoms with Crippen molar-refractivity contribution in [1.82, 2.24) is 31.1 Å². The van der Waals surface area contributed by atoms with Crippen LogP contribution in [0, 0.1) is 11.8 Å². The normalized spacial score (nSPS) is 30.2. The van der Waals surface area contributed by atoms with Crippen molar-refractivity contribution in [2.24, 2.45) is 11.8 Å². The Bertz CT molecular complexity index is 1650. The SMILES string of the molecule is CC(C)[C@@H]1NC(=O)[C@H](Cc2ccccc2)NC(=O)[C@@H]2[C@H](C)OC(C)(C)N2C(=O)[C@H](C(C)C)NC(=O)[C@H](Cc2ccccc2)NC(=O)[C@@H]2[C@H](C)OC(C)(C)N2C1=O. The van der Waals surface area contributed by atoms with Crippen LogP contribution in [0.15, 0.2) is 60.7 Å². The van der Waals surface area contributed by atoms with Gasteiger partial charge in [-0.1, -0.05) is 88.4 Å². The molecule has 14 nitrogen and oxygen atoms in total. The Hall–Kier alpha value is -4.82. The first-order chi connectivity index (χ1) is 26.2. The number of carbonyl (C=O) groups excluding carboxylic acids is 6. The van der Waals surface area contributed by atoms with E-state index in [0.717, 1.165) is 11.1 Å². The Morgan fingerprint density at radius 1 is 0.536 bits per heavy atom. The van der Waals surface area contributed by atoms with Gasteiger partial charge in [-0.15, -0.1) is 0 Å². The van der Waals surface area contributed by atoms with Crippen LogP contribution in [0.4, 0.5) is 0 Å². The van der Waals surface area contributed by atoms with Gasteiger partial charge in [0, 0.05) is 12.8 Å². The summed E-state index contributed by atoms with van der Waals surface area (Å²) in [5, 5.41) is 11.6. The lowest BCUT2D eigenvalue weighted by atomic mass is 9.96. The molecule has 0 unspecified atom stereocenters. The highest BCUT2D eigenvalue weighted by Crippen LogP contribution is 2.35. The lowest BCUT2D eigenvalue weighted by Gasteiger charge is -2.39. The van der Waals surface area contributed by atoms with Gasteiger partial charge in [0.25, 0.3) is 0 Å². The van der Waals surface area contributed by atoms with E-state index in [4.69, 9.17) is 9.47 Å². The molecule has 0 radical (unpaired) electrons. The minimum absolute atomic E-state index is 0.0740. The summed E-state index contributed by atoms with van der Waals surface area (Å²) in [6.45, 7) is 17.1. The fourth-order valence-corrected chi connectivity index (χ4v) is 8.17. The molecule has 2 aromatic carbocycles. The average molecular weight is 775 g/mol. The molecule has 0 spiro atoms. The maximum Gasteiger partial charge on any atom is 0.248 e. The van der Waals surface area contributed by atoms with Crippen molar-refractivity contribution in [3.63, 3.8) is 0 Å². The number of nitrogens with one attached hydrogen (secondary N) is 4. The molecule has 5 rings (SSSR count). The van der Waals surface area contributed by atoms with Gasteiger partial charge in [0.1, 0.15) is 47.7 Å². The summed E-state index contributed by atoms with van der Waals surface area (Å²) in [5.41, 5.74) is -1.07. The molecule has 2 aromatic rings. The molecule has 3 saturated heterocycles. The fraction of sp³-hybridized carbons (Fsp3) is 0.571. The van der Waals surface area contributed by atoms with E-state index in [1.807, 2.05) is 60.7 Å². The first-order valence-electron chi connectivity index (χ1n) is 19.5. The zero-order valence-electron chi connectivity index (χ0n) is 34.1. The van der Waals surface area contributed by atoms with Gasteiger partial charge in [-0.25, -0.2) is 0 Å². The third-order valence-corrected chi connectivity index (χ3v) is 10.9. The number of amides is 6. The molecule has 6 amide bonds. The average Bonchev–Trinajstić information content (AvgIpc) is 3.52. The van der Waals surface area contributed by atoms with Crippen LogP contribution in [0.5, 0.6) is 0 Å². The van der Waals surface area contributed by atoms with E-state index in [1.165, 1.54) is 9.80 Å². The third-order valence-electron chi connectivity index (χ3n) is 10.9. The molecular weight excluding hydrogens is 716 g/mol. The topological polar surface area (TPSA) is 175 Å². The van der Waals surface area contributed by atoms with E-state index in [9.17, 15) is 28.8 Å². The maximum absolute atomic E-state index is 14.7. The molecule has 3 fully saturated rings. The number of carbonyl (C=O) groups is 6. The third kappa shape index (κ3) is 8.91. The number of nitrogens with zero attached hydrogens (tertiary/aromatic N) is 2. The second-order valence-corrected chi connectivity index (χ2v) is 16.8. The number of benzene rings is 2. The zero-order valence-corrected chi connectivity index (χ0v) is 34.1. The number of fused-ring (bicyclic) bond motifs is 2. The van der Waals surface area contributed by atoms with E-state index < -0.39 is 107 Å². The Morgan fingerprint density at radius 2 is 0.857 bits per heavy atom. The van der Waals surface area contributed by atoms with Crippen molar-refractivity contribution in [2.75, 3.05) is 0 Å². The monoisotopic (exact) mass is 774 g/mol. The molecule has 56 heavy (non-hydrogen) atoms. The molecule has 0 aromatic heterocycles. The number of hydrogen-bond donors (Lipinski definition) is 4. The smallest absolute Gasteiger partial charge is 0.248 e. The first kappa shape index (κ1) is 42.3. The van der Waals surface area contributed by atoms with Crippen molar-refractivity contribution in [1.29, 1.82) is 0 Å². The predicted octanol–water partition coefficient (Wildman–Crippen LogP) is 2.44. The van der Waals surface area contributed by atoms with Crippen molar-refractivity contribution in [3.05, 3.63) is 71.8 Å². The van der Waals surface area contributed by atoms with Crippen molar-refractivity contribution >= 4 is 35.4 Å². The van der Waals surface area contributed by atoms with Crippen LogP contribution in [-0.4, -0.2) is 105 Å². The van der Waals surface area contributed by atoms with Crippen LogP contribution < -0.4 is 21.3 Å². The largest absolute Gasteiger partial charge is 0.350 e. The summed E-state index contributed by atoms with van der Waals surface area (Å²) in [5.74, 6) is -4.55. The quantitative estimate of drug-likeness (QED) is 0.346. The van der Waals surface area contributed by atoms with Crippen molar-refractivity contribution in [2.45, 2.75) is 142 Å². The maximum atomic E-state index is 14.7. The van der Waals surface area contributed by atoms with Crippen LogP contribution in [0.1, 0.15) is 80.4 Å². The second kappa shape index (κ2) is 16.7. The standard InChI is InChI=1S/C42H58N6O8/c1-23(2)31-39(53)47-33(25(5)55-41(47,7)8)37(51)44-30(22-28-19-15-12-16-20-28)36(50)46-32(24(3)4)40(54)48-34(26(6)56-42(48,9)10)38(52)43-29(35(49)45-31)21-27-17-13-11-14-18-27/h11-20,23-26,29-34H,21-22H2,1-10H3,(H,43,52)(H,44,51)(H,45,49)(H,46,50)/t25-,26-,29-,30-,31-,32-,33-,34-/m0/s1. The summed E-state index contributed by atoms with van der Waals surface area (Å²) in [7, 11) is 0. The van der Waals surface area contributed by atoms with Gasteiger partial charge in [-0.3, -0.25) is 38.6 Å². The lowest BCUT2D eigenvalue weighted by molar-refractivity contribution is -0.156. The van der Waals surface area contributed by atoms with E-state index in [-0.39, 0.29) is 12.8 Å². The van der Waals surface area contributed by atoms with Crippen molar-refractivity contribution < 1.29 is 38.2 Å². The second-order valence-electron chi connectivity index (χ2n) is 16.8. The van der Waals surface area contributed by atoms with E-state index in [2.05, 4.69) is 21.3 Å². The van der Waals surface area contributed by atoms with Gasteiger partial charge < -0.3 is 30.7 Å². The van der Waals surface area contributed by atoms with Crippen LogP contribution in [0.3, 0.4) is 0 Å². The minimum atomic E-state index is -1.28. The van der Waals surface area contributed by atoms with Crippen LogP contribution >= 0.6 is 0 Å². The van der Waals surface area contributed by atoms with E-state index >= 15 is 0 Å². The van der Waals surface area contributed by atoms with E-state index in [1.54, 1.807) is 69.2 Å². The van der Waals surface area contributed by atoms with Gasteiger partial charge >= 0.3 is 0 Å². The van der Waals surface area contributed by atoms with Gasteiger partial charge in [-0.05, 0) is 64.5 Å². The van der Waals surface area contributed by atoms with E-state index in [0.29, 0.717) is 0 Å². The summed E-state index contributed by atoms with van der Waals surface area (Å²) in [6, 6.07) is 11.2. The fourth-order valence-electron chi connectivity index (χ4n) is 8.17. The summed E-state index contributed by atoms with van der Waals surface area (Å²) in [6.07, 6.45) is -1.44. The molecule has 3 aliphatic heterocycles. The van der Waals surface area contributed by atoms with Gasteiger partial charge in [0.05, 0.1) is 12.2 Å². The lowest BCUT2D eigenvalue weighted by Crippen LogP contribution is -2.66. The molecule has 8 atom stereocenters. The molecule has 14 heteroatoms. The van der Waals surface area contributed by atoms with Gasteiger partial charge in [0.2, 0.25) is 35.4 Å². The number of hydrogen-bond acceptors (Lipinski definition) is 8. The van der Waals surface area contributed by atoms with Gasteiger partial charge in [-0.2, -0.15) is 0 Å². The highest BCUT2D eigenvalue weighted by molar-refractivity contribution is 5.99. The molecule has 0 aliphatic carbocycles. The van der Waals surface area contributed by atoms with Crippen LogP contribution in [0.2, 0.25) is 0 Å². The van der Waals surface area contributed by atoms with Gasteiger partial charge in [0.15, 0.2) is 0 Å². The Labute approximate surface area is 329 Å². The van der Waals surface area contributed by atoms with Crippen LogP contribution in [0.25, 0.3) is 0 Å². The highest BCUT2D eigenvalue weighted by Gasteiger charge is 2.55. The summed E-state index contributed by atoms with van der Waals surface area (Å²) in [4.78, 5) is 89.8. The highest BCUT2D eigenvalue weighted by atomic mass is 16.5. The molecule has 0 saturated carbocycles. The van der Waals surface area contributed by atoms with Crippen LogP contribution in [-0.2, 0) is 51.1 Å². The molecule has 304 valence electrons. The summed E-state index contributed by atoms with van der Waals surface area (Å²) < 4.78 is 12.4. The zero-order chi connectivity index (χ0) is 41.3. The number of ether oxygens (including phenoxy) is 2. The van der Waals surface area contributed by atoms with Crippen molar-refractivity contribution in [3.8, 4) is 0 Å². The number of rotatable bonds is 6. The molecule has 0 bridgehead atoms. The first-order valence-corrected chi connectivity index (χ1v) is 19.5. The molecule has 4 N–H and O–H groups in total. The Balaban J connectivity index is 1.64. The summed E-state index contributed by atoms with van der Waals surface area (Å²) >= 11 is 0. The Morgan fingerprint density at radius 3 is 1.16 bits per heavy atom. The Kier molecular flexibility index (Phi) is 12.6.